The molecule has 9 nitrogen and oxygen atoms in total. The van der Waals surface area contributed by atoms with Crippen molar-refractivity contribution in [2.75, 3.05) is 13.7 Å². The fourth-order valence-corrected chi connectivity index (χ4v) is 14.9. The molecule has 0 amide bonds. The van der Waals surface area contributed by atoms with E-state index in [-0.39, 0.29) is 23.5 Å². The number of aromatic amines is 1. The molecule has 1 aromatic heterocycles. The molecule has 0 bridgehead atoms. The second-order valence-corrected chi connectivity index (χ2v) is 18.6. The zero-order valence-corrected chi connectivity index (χ0v) is 23.4. The molecule has 1 aromatic rings. The van der Waals surface area contributed by atoms with E-state index in [0.29, 0.717) is 11.1 Å². The Balaban J connectivity index is 2.30. The molecule has 1 N–H and O–H groups in total. The quantitative estimate of drug-likeness (QED) is 0.465. The van der Waals surface area contributed by atoms with E-state index in [1.54, 1.807) is 0 Å². The lowest BCUT2D eigenvalue weighted by Gasteiger charge is -2.43. The highest BCUT2D eigenvalue weighted by Gasteiger charge is 2.51. The molecular weight excluding hydrogens is 460 g/mol. The Bertz CT molecular complexity index is 896. The van der Waals surface area contributed by atoms with Gasteiger partial charge in [0, 0.05) is 19.4 Å². The Morgan fingerprint density at radius 1 is 1.06 bits per heavy atom. The number of nitrogens with zero attached hydrogens (tertiary/aromatic N) is 1. The first-order chi connectivity index (χ1) is 15.3. The van der Waals surface area contributed by atoms with E-state index in [9.17, 15) is 14.4 Å². The molecule has 0 spiro atoms. The molecule has 0 saturated carbocycles. The smallest absolute Gasteiger partial charge is 0.333 e. The SMILES string of the molecule is CO[C@H]1C(=O)[C@H](n2ccc(=O)[nH]c2=O)O[C@@H]1CO[Si](O[SiH](C(C)C)C(C)C)(C(C)C)C(C)C. The molecule has 2 heterocycles. The van der Waals surface area contributed by atoms with Gasteiger partial charge in [-0.3, -0.25) is 19.1 Å². The van der Waals surface area contributed by atoms with Gasteiger partial charge in [-0.15, -0.1) is 0 Å². The van der Waals surface area contributed by atoms with Crippen molar-refractivity contribution in [2.24, 2.45) is 0 Å². The zero-order valence-electron chi connectivity index (χ0n) is 21.3. The van der Waals surface area contributed by atoms with Gasteiger partial charge in [0.2, 0.25) is 12.0 Å². The first-order valence-electron chi connectivity index (χ1n) is 11.7. The molecule has 11 heteroatoms. The predicted molar refractivity (Wildman–Crippen MR) is 131 cm³/mol. The Hall–Kier alpha value is -1.38. The van der Waals surface area contributed by atoms with E-state index in [2.05, 4.69) is 60.4 Å². The van der Waals surface area contributed by atoms with Crippen LogP contribution in [0.4, 0.5) is 0 Å². The average molecular weight is 501 g/mol. The summed E-state index contributed by atoms with van der Waals surface area (Å²) in [6.45, 7) is 17.5. The fraction of sp³-hybridized carbons (Fsp3) is 0.773. The highest BCUT2D eigenvalue weighted by atomic mass is 28.4. The first-order valence-corrected chi connectivity index (χ1v) is 15.5. The molecule has 33 heavy (non-hydrogen) atoms. The van der Waals surface area contributed by atoms with Gasteiger partial charge >= 0.3 is 14.3 Å². The number of rotatable bonds is 11. The number of hydrogen-bond donors (Lipinski definition) is 1. The van der Waals surface area contributed by atoms with Gasteiger partial charge in [0.1, 0.15) is 12.2 Å². The van der Waals surface area contributed by atoms with Crippen LogP contribution in [0.1, 0.15) is 61.6 Å². The van der Waals surface area contributed by atoms with Crippen molar-refractivity contribution in [1.82, 2.24) is 9.55 Å². The molecule has 1 aliphatic heterocycles. The molecule has 1 fully saturated rings. The molecule has 0 aliphatic carbocycles. The van der Waals surface area contributed by atoms with E-state index < -0.39 is 47.3 Å². The summed E-state index contributed by atoms with van der Waals surface area (Å²) in [6, 6.07) is 1.18. The topological polar surface area (TPSA) is 109 Å². The largest absolute Gasteiger partial charge is 0.437 e. The van der Waals surface area contributed by atoms with E-state index in [1.165, 1.54) is 19.4 Å². The van der Waals surface area contributed by atoms with Gasteiger partial charge in [0.25, 0.3) is 5.56 Å². The third-order valence-electron chi connectivity index (χ3n) is 6.24. The Morgan fingerprint density at radius 2 is 1.64 bits per heavy atom. The lowest BCUT2D eigenvalue weighted by Crippen LogP contribution is -2.54. The van der Waals surface area contributed by atoms with Crippen molar-refractivity contribution >= 4 is 23.4 Å². The molecule has 3 atom stereocenters. The maximum Gasteiger partial charge on any atom is 0.333 e. The average Bonchev–Trinajstić information content (AvgIpc) is 3.02. The lowest BCUT2D eigenvalue weighted by atomic mass is 10.1. The van der Waals surface area contributed by atoms with Crippen molar-refractivity contribution in [3.8, 4) is 0 Å². The van der Waals surface area contributed by atoms with Gasteiger partial charge in [-0.2, -0.15) is 0 Å². The number of carbonyl (C=O) groups is 1. The summed E-state index contributed by atoms with van der Waals surface area (Å²) in [5.74, 6) is -0.390. The van der Waals surface area contributed by atoms with Gasteiger partial charge in [-0.05, 0) is 22.2 Å². The molecule has 0 aromatic carbocycles. The normalized spacial score (nSPS) is 22.0. The Kier molecular flexibility index (Phi) is 9.60. The number of carbonyl (C=O) groups excluding carboxylic acids is 1. The monoisotopic (exact) mass is 500 g/mol. The van der Waals surface area contributed by atoms with Gasteiger partial charge in [0.15, 0.2) is 9.04 Å². The number of H-pyrrole nitrogens is 1. The van der Waals surface area contributed by atoms with Gasteiger partial charge in [-0.25, -0.2) is 4.79 Å². The Morgan fingerprint density at radius 3 is 2.09 bits per heavy atom. The van der Waals surface area contributed by atoms with Crippen LogP contribution in [0.5, 0.6) is 0 Å². The molecule has 188 valence electrons. The molecule has 0 radical (unpaired) electrons. The number of hydrogen-bond acceptors (Lipinski definition) is 7. The highest BCUT2D eigenvalue weighted by Crippen LogP contribution is 2.39. The molecule has 1 saturated heterocycles. The minimum atomic E-state index is -2.69. The second-order valence-electron chi connectivity index (χ2n) is 10.0. The third kappa shape index (κ3) is 6.01. The Labute approximate surface area is 198 Å². The van der Waals surface area contributed by atoms with Crippen LogP contribution >= 0.6 is 0 Å². The van der Waals surface area contributed by atoms with E-state index >= 15 is 0 Å². The van der Waals surface area contributed by atoms with Crippen LogP contribution in [-0.4, -0.2) is 58.9 Å². The number of methoxy groups -OCH3 is 1. The summed E-state index contributed by atoms with van der Waals surface area (Å²) in [6.07, 6.45) is -1.51. The number of Topliss-reactive ketones (excluding diaryl/α,β-unsaturated/α-hetero) is 1. The second kappa shape index (κ2) is 11.4. The number of aromatic nitrogens is 2. The van der Waals surface area contributed by atoms with Crippen molar-refractivity contribution in [3.05, 3.63) is 33.1 Å². The predicted octanol–water partition coefficient (Wildman–Crippen LogP) is 2.86. The number of ketones is 1. The minimum absolute atomic E-state index is 0.124. The highest BCUT2D eigenvalue weighted by molar-refractivity contribution is 6.78. The van der Waals surface area contributed by atoms with Gasteiger partial charge < -0.3 is 18.0 Å². The van der Waals surface area contributed by atoms with Crippen LogP contribution in [0, 0.1) is 0 Å². The fourth-order valence-electron chi connectivity index (χ4n) is 4.61. The van der Waals surface area contributed by atoms with E-state index in [4.69, 9.17) is 18.0 Å². The maximum atomic E-state index is 13.0. The van der Waals surface area contributed by atoms with Crippen LogP contribution in [0.15, 0.2) is 21.9 Å². The van der Waals surface area contributed by atoms with Crippen molar-refractivity contribution in [1.29, 1.82) is 0 Å². The van der Waals surface area contributed by atoms with Gasteiger partial charge in [0.05, 0.1) is 6.61 Å². The lowest BCUT2D eigenvalue weighted by molar-refractivity contribution is -0.131. The van der Waals surface area contributed by atoms with E-state index in [0.717, 1.165) is 4.57 Å². The molecule has 1 aliphatic rings. The zero-order chi connectivity index (χ0) is 25.1. The molecular formula is C22H40N2O7Si2. The van der Waals surface area contributed by atoms with Crippen LogP contribution in [0.2, 0.25) is 22.2 Å². The van der Waals surface area contributed by atoms with Crippen molar-refractivity contribution < 1.29 is 22.8 Å². The third-order valence-corrected chi connectivity index (χ3v) is 15.3. The standard InChI is InChI=1S/C22H40N2O7Si2/c1-13(2)32(14(3)4)31-33(15(5)6,16(7)8)29-12-17-20(28-9)19(26)21(30-17)24-11-10-18(25)23-22(24)27/h10-11,13-17,20-21,32H,12H2,1-9H3,(H,23,25,27)/t17-,20-,21-/m1/s1. The van der Waals surface area contributed by atoms with Crippen LogP contribution in [0.25, 0.3) is 0 Å². The summed E-state index contributed by atoms with van der Waals surface area (Å²) in [4.78, 5) is 38.7. The van der Waals surface area contributed by atoms with Crippen LogP contribution < -0.4 is 11.2 Å². The summed E-state index contributed by atoms with van der Waals surface area (Å²) in [5, 5.41) is 0. The van der Waals surface area contributed by atoms with Gasteiger partial charge in [-0.1, -0.05) is 55.4 Å². The van der Waals surface area contributed by atoms with E-state index in [1.807, 2.05) is 0 Å². The summed E-state index contributed by atoms with van der Waals surface area (Å²) in [5.41, 5.74) is 0.0644. The molecule has 2 rings (SSSR count). The van der Waals surface area contributed by atoms with Crippen molar-refractivity contribution in [3.63, 3.8) is 0 Å². The first kappa shape index (κ1) is 27.9. The summed E-state index contributed by atoms with van der Waals surface area (Å²) >= 11 is 0. The number of nitrogens with one attached hydrogen (secondary N) is 1. The molecule has 0 unspecified atom stereocenters. The van der Waals surface area contributed by atoms with Crippen LogP contribution in [0.3, 0.4) is 0 Å². The van der Waals surface area contributed by atoms with Crippen LogP contribution in [-0.2, 0) is 22.8 Å². The minimum Gasteiger partial charge on any atom is -0.437 e. The summed E-state index contributed by atoms with van der Waals surface area (Å²) < 4.78 is 26.1. The van der Waals surface area contributed by atoms with Crippen molar-refractivity contribution in [2.45, 2.75) is 96.0 Å². The number of ether oxygens (including phenoxy) is 2. The summed E-state index contributed by atoms with van der Waals surface area (Å²) in [7, 11) is -2.83. The maximum absolute atomic E-state index is 13.0.